The SMILES string of the molecule is CSCCCN=C(N)N1CCN(C(=O)OC(C)(C)C)CC1. The van der Waals surface area contributed by atoms with Crippen LogP contribution in [0, 0.1) is 0 Å². The van der Waals surface area contributed by atoms with E-state index in [1.54, 1.807) is 4.90 Å². The molecule has 0 saturated carbocycles. The van der Waals surface area contributed by atoms with Crippen LogP contribution in [-0.2, 0) is 4.74 Å². The van der Waals surface area contributed by atoms with Crippen LogP contribution in [0.4, 0.5) is 4.79 Å². The molecule has 0 spiro atoms. The first-order valence-corrected chi connectivity index (χ1v) is 8.74. The van der Waals surface area contributed by atoms with E-state index in [4.69, 9.17) is 10.5 Å². The molecule has 2 N–H and O–H groups in total. The first kappa shape index (κ1) is 17.9. The lowest BCUT2D eigenvalue weighted by atomic mass is 10.2. The molecule has 0 radical (unpaired) electrons. The normalized spacial score (nSPS) is 17.0. The van der Waals surface area contributed by atoms with Crippen molar-refractivity contribution in [2.24, 2.45) is 10.7 Å². The Kier molecular flexibility index (Phi) is 7.14. The van der Waals surface area contributed by atoms with Crippen LogP contribution in [0.3, 0.4) is 0 Å². The van der Waals surface area contributed by atoms with E-state index in [1.165, 1.54) is 0 Å². The van der Waals surface area contributed by atoms with Crippen molar-refractivity contribution in [1.82, 2.24) is 9.80 Å². The van der Waals surface area contributed by atoms with Crippen LogP contribution in [-0.4, -0.2) is 72.2 Å². The number of hydrogen-bond donors (Lipinski definition) is 1. The fraction of sp³-hybridized carbons (Fsp3) is 0.857. The summed E-state index contributed by atoms with van der Waals surface area (Å²) in [4.78, 5) is 20.1. The lowest BCUT2D eigenvalue weighted by Gasteiger charge is -2.36. The second-order valence-corrected chi connectivity index (χ2v) is 7.03. The van der Waals surface area contributed by atoms with Gasteiger partial charge in [0.15, 0.2) is 5.96 Å². The molecule has 1 amide bonds. The van der Waals surface area contributed by atoms with Gasteiger partial charge in [0, 0.05) is 32.7 Å². The standard InChI is InChI=1S/C14H28N4O2S/c1-14(2,3)20-13(19)18-9-7-17(8-10-18)12(15)16-6-5-11-21-4/h5-11H2,1-4H3,(H2,15,16). The number of thioether (sulfide) groups is 1. The molecule has 21 heavy (non-hydrogen) atoms. The van der Waals surface area contributed by atoms with Crippen LogP contribution in [0.1, 0.15) is 27.2 Å². The second-order valence-electron chi connectivity index (χ2n) is 6.04. The number of carbonyl (C=O) groups is 1. The number of piperazine rings is 1. The summed E-state index contributed by atoms with van der Waals surface area (Å²) in [6.45, 7) is 9.04. The number of hydrogen-bond acceptors (Lipinski definition) is 4. The van der Waals surface area contributed by atoms with Crippen molar-refractivity contribution in [2.45, 2.75) is 32.8 Å². The van der Waals surface area contributed by atoms with E-state index in [1.807, 2.05) is 37.4 Å². The molecule has 1 aliphatic rings. The topological polar surface area (TPSA) is 71.2 Å². The van der Waals surface area contributed by atoms with Gasteiger partial charge in [0.25, 0.3) is 0 Å². The molecule has 1 heterocycles. The summed E-state index contributed by atoms with van der Waals surface area (Å²) in [5, 5.41) is 0. The molecule has 0 aromatic carbocycles. The summed E-state index contributed by atoms with van der Waals surface area (Å²) in [5.41, 5.74) is 5.54. The molecule has 0 atom stereocenters. The number of rotatable bonds is 4. The Labute approximate surface area is 132 Å². The van der Waals surface area contributed by atoms with Crippen molar-refractivity contribution >= 4 is 23.8 Å². The molecule has 1 saturated heterocycles. The van der Waals surface area contributed by atoms with Gasteiger partial charge in [-0.2, -0.15) is 11.8 Å². The summed E-state index contributed by atoms with van der Waals surface area (Å²) in [7, 11) is 0. The number of aliphatic imine (C=N–C) groups is 1. The average molecular weight is 316 g/mol. The van der Waals surface area contributed by atoms with Gasteiger partial charge < -0.3 is 20.3 Å². The third-order valence-corrected chi connectivity index (χ3v) is 3.73. The first-order chi connectivity index (χ1) is 9.83. The summed E-state index contributed by atoms with van der Waals surface area (Å²) in [5.74, 6) is 1.68. The van der Waals surface area contributed by atoms with Gasteiger partial charge in [-0.25, -0.2) is 4.79 Å². The number of nitrogens with two attached hydrogens (primary N) is 1. The lowest BCUT2D eigenvalue weighted by molar-refractivity contribution is 0.0186. The fourth-order valence-electron chi connectivity index (χ4n) is 1.95. The molecule has 0 aromatic heterocycles. The third kappa shape index (κ3) is 6.93. The van der Waals surface area contributed by atoms with E-state index >= 15 is 0 Å². The Hall–Kier alpha value is -1.11. The Bertz CT molecular complexity index is 360. The van der Waals surface area contributed by atoms with Crippen molar-refractivity contribution in [2.75, 3.05) is 44.7 Å². The number of guanidine groups is 1. The Morgan fingerprint density at radius 1 is 1.24 bits per heavy atom. The maximum absolute atomic E-state index is 12.0. The summed E-state index contributed by atoms with van der Waals surface area (Å²) in [6, 6.07) is 0. The summed E-state index contributed by atoms with van der Waals surface area (Å²) >= 11 is 1.82. The Balaban J connectivity index is 2.36. The molecule has 1 aliphatic heterocycles. The minimum atomic E-state index is -0.452. The molecule has 7 heteroatoms. The quantitative estimate of drug-likeness (QED) is 0.485. The monoisotopic (exact) mass is 316 g/mol. The van der Waals surface area contributed by atoms with Crippen molar-refractivity contribution in [3.05, 3.63) is 0 Å². The zero-order chi connectivity index (χ0) is 15.9. The van der Waals surface area contributed by atoms with E-state index in [-0.39, 0.29) is 6.09 Å². The van der Waals surface area contributed by atoms with Gasteiger partial charge in [0.05, 0.1) is 0 Å². The van der Waals surface area contributed by atoms with Crippen LogP contribution in [0.25, 0.3) is 0 Å². The van der Waals surface area contributed by atoms with Crippen LogP contribution < -0.4 is 5.73 Å². The van der Waals surface area contributed by atoms with E-state index in [0.29, 0.717) is 32.1 Å². The van der Waals surface area contributed by atoms with E-state index in [9.17, 15) is 4.79 Å². The molecule has 122 valence electrons. The van der Waals surface area contributed by atoms with E-state index < -0.39 is 5.60 Å². The molecule has 1 rings (SSSR count). The second kappa shape index (κ2) is 8.36. The molecule has 6 nitrogen and oxygen atoms in total. The van der Waals surface area contributed by atoms with Gasteiger partial charge in [-0.1, -0.05) is 0 Å². The molecule has 0 aliphatic carbocycles. The molecular formula is C14H28N4O2S. The van der Waals surface area contributed by atoms with Gasteiger partial charge in [0.1, 0.15) is 5.60 Å². The van der Waals surface area contributed by atoms with Gasteiger partial charge in [-0.05, 0) is 39.2 Å². The number of nitrogens with zero attached hydrogens (tertiary/aromatic N) is 3. The summed E-state index contributed by atoms with van der Waals surface area (Å²) < 4.78 is 5.37. The third-order valence-electron chi connectivity index (χ3n) is 3.04. The lowest BCUT2D eigenvalue weighted by Crippen LogP contribution is -2.53. The Morgan fingerprint density at radius 2 is 1.81 bits per heavy atom. The van der Waals surface area contributed by atoms with Crippen molar-refractivity contribution in [3.8, 4) is 0 Å². The Morgan fingerprint density at radius 3 is 2.33 bits per heavy atom. The minimum absolute atomic E-state index is 0.252. The van der Waals surface area contributed by atoms with Crippen molar-refractivity contribution in [3.63, 3.8) is 0 Å². The molecule has 0 bridgehead atoms. The predicted octanol–water partition coefficient (Wildman–Crippen LogP) is 1.61. The zero-order valence-corrected chi connectivity index (χ0v) is 14.4. The highest BCUT2D eigenvalue weighted by molar-refractivity contribution is 7.98. The van der Waals surface area contributed by atoms with Crippen LogP contribution in [0.2, 0.25) is 0 Å². The van der Waals surface area contributed by atoms with Crippen LogP contribution in [0.5, 0.6) is 0 Å². The van der Waals surface area contributed by atoms with Gasteiger partial charge in [-0.15, -0.1) is 0 Å². The largest absolute Gasteiger partial charge is 0.444 e. The smallest absolute Gasteiger partial charge is 0.410 e. The molecular weight excluding hydrogens is 288 g/mol. The highest BCUT2D eigenvalue weighted by atomic mass is 32.2. The summed E-state index contributed by atoms with van der Waals surface area (Å²) in [6.07, 6.45) is 2.88. The zero-order valence-electron chi connectivity index (χ0n) is 13.6. The fourth-order valence-corrected chi connectivity index (χ4v) is 2.36. The molecule has 1 fully saturated rings. The highest BCUT2D eigenvalue weighted by Gasteiger charge is 2.26. The molecule has 0 unspecified atom stereocenters. The first-order valence-electron chi connectivity index (χ1n) is 7.35. The van der Waals surface area contributed by atoms with Gasteiger partial charge >= 0.3 is 6.09 Å². The van der Waals surface area contributed by atoms with Crippen molar-refractivity contribution in [1.29, 1.82) is 0 Å². The number of amides is 1. The highest BCUT2D eigenvalue weighted by Crippen LogP contribution is 2.11. The predicted molar refractivity (Wildman–Crippen MR) is 88.9 cm³/mol. The average Bonchev–Trinajstić information content (AvgIpc) is 2.41. The van der Waals surface area contributed by atoms with Crippen molar-refractivity contribution < 1.29 is 9.53 Å². The van der Waals surface area contributed by atoms with Gasteiger partial charge in [0.2, 0.25) is 0 Å². The maximum Gasteiger partial charge on any atom is 0.410 e. The maximum atomic E-state index is 12.0. The number of ether oxygens (including phenoxy) is 1. The van der Waals surface area contributed by atoms with Crippen LogP contribution >= 0.6 is 11.8 Å². The number of carbonyl (C=O) groups excluding carboxylic acids is 1. The molecule has 0 aromatic rings. The van der Waals surface area contributed by atoms with Gasteiger partial charge in [-0.3, -0.25) is 4.99 Å². The van der Waals surface area contributed by atoms with Crippen LogP contribution in [0.15, 0.2) is 4.99 Å². The van der Waals surface area contributed by atoms with E-state index in [2.05, 4.69) is 11.2 Å². The van der Waals surface area contributed by atoms with E-state index in [0.717, 1.165) is 18.7 Å². The minimum Gasteiger partial charge on any atom is -0.444 e.